The number of aryl methyl sites for hydroxylation is 1. The SMILES string of the molecule is Cc1ccc(Nc2nc(N)c(C(=O)N[C@H]3CCCNC3)s2)cc1. The van der Waals surface area contributed by atoms with Gasteiger partial charge in [0, 0.05) is 18.3 Å². The van der Waals surface area contributed by atoms with E-state index in [0.29, 0.717) is 10.0 Å². The molecule has 5 N–H and O–H groups in total. The number of carbonyl (C=O) groups is 1. The molecule has 1 aromatic carbocycles. The van der Waals surface area contributed by atoms with E-state index in [-0.39, 0.29) is 17.8 Å². The standard InChI is InChI=1S/C16H21N5OS/c1-10-4-6-11(7-5-10)20-16-21-14(17)13(23-16)15(22)19-12-3-2-8-18-9-12/h4-7,12,18H,2-3,8-9,17H2,1H3,(H,19,22)(H,20,21)/t12-/m0/s1. The highest BCUT2D eigenvalue weighted by molar-refractivity contribution is 7.18. The van der Waals surface area contributed by atoms with Gasteiger partial charge in [-0.1, -0.05) is 29.0 Å². The number of hydrogen-bond acceptors (Lipinski definition) is 6. The van der Waals surface area contributed by atoms with Gasteiger partial charge in [-0.15, -0.1) is 0 Å². The second-order valence-corrected chi connectivity index (χ2v) is 6.74. The highest BCUT2D eigenvalue weighted by Crippen LogP contribution is 2.28. The van der Waals surface area contributed by atoms with Crippen molar-refractivity contribution in [1.82, 2.24) is 15.6 Å². The third-order valence-corrected chi connectivity index (χ3v) is 4.78. The summed E-state index contributed by atoms with van der Waals surface area (Å²) >= 11 is 1.28. The second kappa shape index (κ2) is 6.97. The van der Waals surface area contributed by atoms with Crippen LogP contribution in [-0.4, -0.2) is 30.0 Å². The molecular formula is C16H21N5OS. The van der Waals surface area contributed by atoms with Crippen LogP contribution >= 0.6 is 11.3 Å². The normalized spacial score (nSPS) is 17.7. The van der Waals surface area contributed by atoms with E-state index in [1.807, 2.05) is 31.2 Å². The van der Waals surface area contributed by atoms with Gasteiger partial charge in [-0.3, -0.25) is 4.79 Å². The minimum absolute atomic E-state index is 0.148. The van der Waals surface area contributed by atoms with Crippen LogP contribution < -0.4 is 21.7 Å². The van der Waals surface area contributed by atoms with E-state index in [2.05, 4.69) is 20.9 Å². The van der Waals surface area contributed by atoms with E-state index in [1.165, 1.54) is 16.9 Å². The number of nitrogens with zero attached hydrogens (tertiary/aromatic N) is 1. The Balaban J connectivity index is 1.67. The average molecular weight is 331 g/mol. The molecule has 0 bridgehead atoms. The van der Waals surface area contributed by atoms with Crippen LogP contribution in [0, 0.1) is 6.92 Å². The van der Waals surface area contributed by atoms with E-state index in [1.54, 1.807) is 0 Å². The molecule has 1 aliphatic rings. The van der Waals surface area contributed by atoms with E-state index < -0.39 is 0 Å². The molecule has 1 saturated heterocycles. The first kappa shape index (κ1) is 15.8. The highest BCUT2D eigenvalue weighted by Gasteiger charge is 2.21. The van der Waals surface area contributed by atoms with Crippen molar-refractivity contribution in [3.63, 3.8) is 0 Å². The molecule has 1 aromatic heterocycles. The number of thiazole rings is 1. The Hall–Kier alpha value is -2.12. The monoisotopic (exact) mass is 331 g/mol. The lowest BCUT2D eigenvalue weighted by molar-refractivity contribution is 0.0935. The molecule has 0 spiro atoms. The lowest BCUT2D eigenvalue weighted by Gasteiger charge is -2.23. The molecule has 1 aliphatic heterocycles. The van der Waals surface area contributed by atoms with Crippen LogP contribution in [0.15, 0.2) is 24.3 Å². The minimum atomic E-state index is -0.148. The van der Waals surface area contributed by atoms with Gasteiger partial charge < -0.3 is 21.7 Å². The van der Waals surface area contributed by atoms with Crippen LogP contribution in [0.1, 0.15) is 28.1 Å². The number of nitrogens with two attached hydrogens (primary N) is 1. The van der Waals surface area contributed by atoms with Gasteiger partial charge in [0.15, 0.2) is 5.13 Å². The molecular weight excluding hydrogens is 310 g/mol. The Kier molecular flexibility index (Phi) is 4.78. The quantitative estimate of drug-likeness (QED) is 0.690. The summed E-state index contributed by atoms with van der Waals surface area (Å²) in [6.45, 7) is 3.85. The number of aromatic nitrogens is 1. The lowest BCUT2D eigenvalue weighted by atomic mass is 10.1. The van der Waals surface area contributed by atoms with Crippen LogP contribution in [0.2, 0.25) is 0 Å². The highest BCUT2D eigenvalue weighted by atomic mass is 32.1. The van der Waals surface area contributed by atoms with Crippen LogP contribution in [-0.2, 0) is 0 Å². The molecule has 23 heavy (non-hydrogen) atoms. The summed E-state index contributed by atoms with van der Waals surface area (Å²) in [7, 11) is 0. The first-order valence-corrected chi connectivity index (χ1v) is 8.55. The molecule has 0 radical (unpaired) electrons. The van der Waals surface area contributed by atoms with E-state index in [0.717, 1.165) is 31.6 Å². The predicted molar refractivity (Wildman–Crippen MR) is 94.3 cm³/mol. The summed E-state index contributed by atoms with van der Waals surface area (Å²) in [4.78, 5) is 17.1. The van der Waals surface area contributed by atoms with Gasteiger partial charge in [0.1, 0.15) is 10.7 Å². The van der Waals surface area contributed by atoms with Crippen LogP contribution in [0.3, 0.4) is 0 Å². The van der Waals surface area contributed by atoms with Gasteiger partial charge in [-0.05, 0) is 38.4 Å². The summed E-state index contributed by atoms with van der Waals surface area (Å²) in [6.07, 6.45) is 2.06. The number of nitrogen functional groups attached to an aromatic ring is 1. The topological polar surface area (TPSA) is 92.1 Å². The van der Waals surface area contributed by atoms with Crippen molar-refractivity contribution in [2.75, 3.05) is 24.1 Å². The number of benzene rings is 1. The smallest absolute Gasteiger partial charge is 0.265 e. The van der Waals surface area contributed by atoms with E-state index in [4.69, 9.17) is 5.73 Å². The Bertz CT molecular complexity index is 676. The summed E-state index contributed by atoms with van der Waals surface area (Å²) in [5.74, 6) is 0.122. The van der Waals surface area contributed by atoms with Crippen molar-refractivity contribution in [3.05, 3.63) is 34.7 Å². The maximum Gasteiger partial charge on any atom is 0.265 e. The summed E-state index contributed by atoms with van der Waals surface area (Å²) in [5, 5.41) is 10.1. The van der Waals surface area contributed by atoms with Crippen LogP contribution in [0.5, 0.6) is 0 Å². The molecule has 1 fully saturated rings. The molecule has 3 rings (SSSR count). The van der Waals surface area contributed by atoms with Gasteiger partial charge in [-0.25, -0.2) is 4.98 Å². The molecule has 1 amide bonds. The minimum Gasteiger partial charge on any atom is -0.382 e. The molecule has 0 saturated carbocycles. The van der Waals surface area contributed by atoms with Crippen LogP contribution in [0.25, 0.3) is 0 Å². The number of rotatable bonds is 4. The largest absolute Gasteiger partial charge is 0.382 e. The van der Waals surface area contributed by atoms with Crippen molar-refractivity contribution in [3.8, 4) is 0 Å². The Morgan fingerprint density at radius 1 is 1.39 bits per heavy atom. The fourth-order valence-electron chi connectivity index (χ4n) is 2.53. The van der Waals surface area contributed by atoms with Crippen molar-refractivity contribution >= 4 is 33.9 Å². The molecule has 2 heterocycles. The van der Waals surface area contributed by atoms with Gasteiger partial charge >= 0.3 is 0 Å². The number of amides is 1. The lowest BCUT2D eigenvalue weighted by Crippen LogP contribution is -2.45. The third kappa shape index (κ3) is 4.00. The molecule has 7 heteroatoms. The first-order chi connectivity index (χ1) is 11.1. The maximum absolute atomic E-state index is 12.4. The van der Waals surface area contributed by atoms with Gasteiger partial charge in [0.05, 0.1) is 0 Å². The maximum atomic E-state index is 12.4. The molecule has 0 aliphatic carbocycles. The fourth-order valence-corrected chi connectivity index (χ4v) is 3.34. The Morgan fingerprint density at radius 3 is 2.87 bits per heavy atom. The van der Waals surface area contributed by atoms with Gasteiger partial charge in [0.25, 0.3) is 5.91 Å². The van der Waals surface area contributed by atoms with Gasteiger partial charge in [-0.2, -0.15) is 0 Å². The van der Waals surface area contributed by atoms with Crippen molar-refractivity contribution in [2.45, 2.75) is 25.8 Å². The van der Waals surface area contributed by atoms with E-state index in [9.17, 15) is 4.79 Å². The number of anilines is 3. The predicted octanol–water partition coefficient (Wildman–Crippen LogP) is 2.26. The van der Waals surface area contributed by atoms with E-state index >= 15 is 0 Å². The first-order valence-electron chi connectivity index (χ1n) is 7.73. The molecule has 1 atom stereocenters. The number of piperidine rings is 1. The van der Waals surface area contributed by atoms with Crippen molar-refractivity contribution in [2.24, 2.45) is 0 Å². The number of carbonyl (C=O) groups excluding carboxylic acids is 1. The zero-order valence-corrected chi connectivity index (χ0v) is 13.9. The zero-order valence-electron chi connectivity index (χ0n) is 13.1. The zero-order chi connectivity index (χ0) is 16.2. The van der Waals surface area contributed by atoms with Crippen molar-refractivity contribution in [1.29, 1.82) is 0 Å². The van der Waals surface area contributed by atoms with Gasteiger partial charge in [0.2, 0.25) is 0 Å². The molecule has 122 valence electrons. The summed E-state index contributed by atoms with van der Waals surface area (Å²) in [5.41, 5.74) is 8.02. The molecule has 0 unspecified atom stereocenters. The Labute approximate surface area is 139 Å². The number of hydrogen-bond donors (Lipinski definition) is 4. The Morgan fingerprint density at radius 2 is 2.17 bits per heavy atom. The third-order valence-electron chi connectivity index (χ3n) is 3.79. The summed E-state index contributed by atoms with van der Waals surface area (Å²) in [6, 6.07) is 8.14. The summed E-state index contributed by atoms with van der Waals surface area (Å²) < 4.78 is 0. The van der Waals surface area contributed by atoms with Crippen molar-refractivity contribution < 1.29 is 4.79 Å². The van der Waals surface area contributed by atoms with Crippen LogP contribution in [0.4, 0.5) is 16.6 Å². The number of nitrogens with one attached hydrogen (secondary N) is 3. The average Bonchev–Trinajstić information content (AvgIpc) is 2.91. The fraction of sp³-hybridized carbons (Fsp3) is 0.375. The molecule has 2 aromatic rings. The second-order valence-electron chi connectivity index (χ2n) is 5.74. The molecule has 6 nitrogen and oxygen atoms in total.